The molecule has 7 heteroatoms. The van der Waals surface area contributed by atoms with Gasteiger partial charge in [-0.3, -0.25) is 0 Å². The van der Waals surface area contributed by atoms with E-state index in [1.54, 1.807) is 11.3 Å². The lowest BCUT2D eigenvalue weighted by Crippen LogP contribution is -1.99. The van der Waals surface area contributed by atoms with Crippen molar-refractivity contribution in [3.05, 3.63) is 33.1 Å². The third kappa shape index (κ3) is 2.09. The number of rotatable bonds is 2. The number of methoxy groups -OCH3 is 1. The van der Waals surface area contributed by atoms with Gasteiger partial charge in [-0.15, -0.1) is 22.7 Å². The molecule has 0 aliphatic carbocycles. The number of fused-ring (bicyclic) bond motifs is 1. The highest BCUT2D eigenvalue weighted by atomic mass is 35.5. The van der Waals surface area contributed by atoms with E-state index in [0.29, 0.717) is 20.7 Å². The van der Waals surface area contributed by atoms with E-state index < -0.39 is 0 Å². The van der Waals surface area contributed by atoms with Crippen LogP contribution in [0.2, 0.25) is 5.15 Å². The van der Waals surface area contributed by atoms with Crippen molar-refractivity contribution >= 4 is 50.5 Å². The maximum atomic E-state index is 11.7. The fraction of sp³-hybridized carbons (Fsp3) is 0.154. The number of halogens is 1. The molecule has 0 fully saturated rings. The average Bonchev–Trinajstić information content (AvgIpc) is 3.06. The molecule has 3 heterocycles. The minimum atomic E-state index is -0.376. The molecule has 0 radical (unpaired) electrons. The van der Waals surface area contributed by atoms with Crippen LogP contribution in [-0.2, 0) is 4.74 Å². The van der Waals surface area contributed by atoms with E-state index >= 15 is 0 Å². The summed E-state index contributed by atoms with van der Waals surface area (Å²) in [4.78, 5) is 22.7. The monoisotopic (exact) mass is 324 g/mol. The van der Waals surface area contributed by atoms with Crippen LogP contribution < -0.4 is 0 Å². The number of carbonyl (C=O) groups is 1. The smallest absolute Gasteiger partial charge is 0.348 e. The van der Waals surface area contributed by atoms with Crippen LogP contribution in [0.4, 0.5) is 0 Å². The molecule has 0 spiro atoms. The molecule has 0 aromatic carbocycles. The second kappa shape index (κ2) is 5.12. The third-order valence-corrected chi connectivity index (χ3v) is 5.16. The van der Waals surface area contributed by atoms with Crippen LogP contribution in [0.3, 0.4) is 0 Å². The Kier molecular flexibility index (Phi) is 3.45. The zero-order chi connectivity index (χ0) is 14.3. The lowest BCUT2D eigenvalue weighted by molar-refractivity contribution is 0.0605. The van der Waals surface area contributed by atoms with Gasteiger partial charge in [-0.05, 0) is 23.9 Å². The van der Waals surface area contributed by atoms with Crippen LogP contribution in [0, 0.1) is 6.92 Å². The van der Waals surface area contributed by atoms with Crippen molar-refractivity contribution in [1.29, 1.82) is 0 Å². The van der Waals surface area contributed by atoms with Crippen molar-refractivity contribution in [2.45, 2.75) is 6.92 Å². The second-order valence-electron chi connectivity index (χ2n) is 4.04. The first-order chi connectivity index (χ1) is 9.61. The molecule has 0 bridgehead atoms. The quantitative estimate of drug-likeness (QED) is 0.524. The summed E-state index contributed by atoms with van der Waals surface area (Å²) >= 11 is 9.07. The Morgan fingerprint density at radius 1 is 1.40 bits per heavy atom. The Hall–Kier alpha value is -1.50. The zero-order valence-electron chi connectivity index (χ0n) is 10.6. The van der Waals surface area contributed by atoms with E-state index in [2.05, 4.69) is 9.97 Å². The van der Waals surface area contributed by atoms with E-state index in [1.165, 1.54) is 18.4 Å². The molecule has 4 nitrogen and oxygen atoms in total. The minimum absolute atomic E-state index is 0.363. The molecule has 0 saturated heterocycles. The summed E-state index contributed by atoms with van der Waals surface area (Å²) in [5, 5.41) is 3.04. The van der Waals surface area contributed by atoms with E-state index in [0.717, 1.165) is 15.8 Å². The summed E-state index contributed by atoms with van der Waals surface area (Å²) in [6, 6.07) is 3.87. The largest absolute Gasteiger partial charge is 0.465 e. The number of ether oxygens (including phenoxy) is 1. The first kappa shape index (κ1) is 13.5. The summed E-state index contributed by atoms with van der Waals surface area (Å²) in [5.41, 5.74) is 0.763. The van der Waals surface area contributed by atoms with E-state index in [1.807, 2.05) is 24.4 Å². The normalized spacial score (nSPS) is 10.9. The van der Waals surface area contributed by atoms with Gasteiger partial charge in [0, 0.05) is 0 Å². The Morgan fingerprint density at radius 2 is 2.20 bits per heavy atom. The minimum Gasteiger partial charge on any atom is -0.465 e. The van der Waals surface area contributed by atoms with Gasteiger partial charge in [-0.1, -0.05) is 17.7 Å². The zero-order valence-corrected chi connectivity index (χ0v) is 13.0. The van der Waals surface area contributed by atoms with Gasteiger partial charge in [0.1, 0.15) is 14.9 Å². The molecule has 0 saturated carbocycles. The van der Waals surface area contributed by atoms with Gasteiger partial charge < -0.3 is 4.74 Å². The first-order valence-corrected chi connectivity index (χ1v) is 7.78. The summed E-state index contributed by atoms with van der Waals surface area (Å²) in [5.74, 6) is 0.203. The highest BCUT2D eigenvalue weighted by Gasteiger charge is 2.20. The molecule has 20 heavy (non-hydrogen) atoms. The first-order valence-electron chi connectivity index (χ1n) is 5.70. The Labute approximate surface area is 128 Å². The van der Waals surface area contributed by atoms with Gasteiger partial charge in [0.15, 0.2) is 5.82 Å². The summed E-state index contributed by atoms with van der Waals surface area (Å²) in [6.07, 6.45) is 0. The van der Waals surface area contributed by atoms with Crippen LogP contribution >= 0.6 is 34.3 Å². The molecular formula is C13H9ClN2O2S2. The lowest BCUT2D eigenvalue weighted by Gasteiger charge is -1.99. The van der Waals surface area contributed by atoms with Gasteiger partial charge in [0.2, 0.25) is 0 Å². The van der Waals surface area contributed by atoms with E-state index in [-0.39, 0.29) is 5.97 Å². The number of aryl methyl sites for hydroxylation is 1. The predicted octanol–water partition coefficient (Wildman–Crippen LogP) is 4.17. The maximum Gasteiger partial charge on any atom is 0.348 e. The molecule has 0 amide bonds. The number of carbonyl (C=O) groups excluding carboxylic acids is 1. The number of esters is 1. The van der Waals surface area contributed by atoms with Crippen molar-refractivity contribution in [2.24, 2.45) is 0 Å². The van der Waals surface area contributed by atoms with E-state index in [9.17, 15) is 4.79 Å². The third-order valence-electron chi connectivity index (χ3n) is 2.86. The molecule has 0 unspecified atom stereocenters. The summed E-state index contributed by atoms with van der Waals surface area (Å²) in [7, 11) is 1.36. The maximum absolute atomic E-state index is 11.7. The molecule has 102 valence electrons. The Bertz CT molecular complexity index is 796. The molecule has 0 atom stereocenters. The molecule has 3 rings (SSSR count). The van der Waals surface area contributed by atoms with Crippen molar-refractivity contribution in [1.82, 2.24) is 9.97 Å². The van der Waals surface area contributed by atoms with Gasteiger partial charge in [-0.25, -0.2) is 14.8 Å². The van der Waals surface area contributed by atoms with Crippen molar-refractivity contribution < 1.29 is 9.53 Å². The molecule has 0 aliphatic rings. The van der Waals surface area contributed by atoms with Crippen LogP contribution in [0.25, 0.3) is 20.9 Å². The standard InChI is InChI=1S/C13H9ClN2O2S2/c1-6-8-10(14)15-11(7-4-3-5-19-7)16-12(8)20-9(6)13(17)18-2/h3-5H,1-2H3. The van der Waals surface area contributed by atoms with Crippen molar-refractivity contribution in [2.75, 3.05) is 7.11 Å². The molecule has 0 aliphatic heterocycles. The molecule has 0 N–H and O–H groups in total. The van der Waals surface area contributed by atoms with E-state index in [4.69, 9.17) is 16.3 Å². The number of nitrogens with zero attached hydrogens (tertiary/aromatic N) is 2. The molecule has 3 aromatic rings. The SMILES string of the molecule is COC(=O)c1sc2nc(-c3cccs3)nc(Cl)c2c1C. The van der Waals surface area contributed by atoms with Gasteiger partial charge in [0.25, 0.3) is 0 Å². The highest BCUT2D eigenvalue weighted by Crippen LogP contribution is 2.36. The number of hydrogen-bond acceptors (Lipinski definition) is 6. The fourth-order valence-corrected chi connectivity index (χ4v) is 4.02. The average molecular weight is 325 g/mol. The molecular weight excluding hydrogens is 316 g/mol. The van der Waals surface area contributed by atoms with Crippen molar-refractivity contribution in [3.63, 3.8) is 0 Å². The topological polar surface area (TPSA) is 52.1 Å². The number of hydrogen-bond donors (Lipinski definition) is 0. The Balaban J connectivity index is 2.25. The van der Waals surface area contributed by atoms with Crippen LogP contribution in [0.1, 0.15) is 15.2 Å². The van der Waals surface area contributed by atoms with Crippen LogP contribution in [0.5, 0.6) is 0 Å². The van der Waals surface area contributed by atoms with Crippen LogP contribution in [-0.4, -0.2) is 23.0 Å². The lowest BCUT2D eigenvalue weighted by atomic mass is 10.2. The number of aromatic nitrogens is 2. The second-order valence-corrected chi connectivity index (χ2v) is 6.35. The van der Waals surface area contributed by atoms with Crippen LogP contribution in [0.15, 0.2) is 17.5 Å². The summed E-state index contributed by atoms with van der Waals surface area (Å²) in [6.45, 7) is 1.82. The van der Waals surface area contributed by atoms with Crippen molar-refractivity contribution in [3.8, 4) is 10.7 Å². The van der Waals surface area contributed by atoms with Gasteiger partial charge in [-0.2, -0.15) is 0 Å². The predicted molar refractivity (Wildman–Crippen MR) is 81.8 cm³/mol. The fourth-order valence-electron chi connectivity index (χ4n) is 1.89. The highest BCUT2D eigenvalue weighted by molar-refractivity contribution is 7.20. The van der Waals surface area contributed by atoms with Gasteiger partial charge >= 0.3 is 5.97 Å². The Morgan fingerprint density at radius 3 is 2.85 bits per heavy atom. The number of thiophene rings is 2. The summed E-state index contributed by atoms with van der Waals surface area (Å²) < 4.78 is 4.77. The molecule has 3 aromatic heterocycles. The van der Waals surface area contributed by atoms with Gasteiger partial charge in [0.05, 0.1) is 17.4 Å².